The molecule has 0 spiro atoms. The molecule has 0 aliphatic heterocycles. The molecule has 2 rings (SSSR count). The van der Waals surface area contributed by atoms with Crippen LogP contribution in [-0.2, 0) is 6.54 Å². The molecule has 138 valence electrons. The third-order valence-corrected chi connectivity index (χ3v) is 5.55. The molecule has 1 aromatic rings. The smallest absolute Gasteiger partial charge is 0.191 e. The summed E-state index contributed by atoms with van der Waals surface area (Å²) in [6, 6.07) is 0.776. The number of halogens is 1. The van der Waals surface area contributed by atoms with Crippen molar-refractivity contribution in [2.75, 3.05) is 26.7 Å². The minimum Gasteiger partial charge on any atom is -0.357 e. The van der Waals surface area contributed by atoms with Crippen LogP contribution in [0.25, 0.3) is 0 Å². The molecule has 5 nitrogen and oxygen atoms in total. The standard InChI is InChI=1S/C17H31N5S.HI/c1-5-18-17(20-12-16-21-13(2)14(3)23-16)19-10-11-22(4)15-8-6-7-9-15;/h15H,5-12H2,1-4H3,(H2,18,19,20);1H. The highest BCUT2D eigenvalue weighted by atomic mass is 127. The molecule has 1 aliphatic rings. The Morgan fingerprint density at radius 2 is 2.00 bits per heavy atom. The molecule has 1 saturated carbocycles. The maximum absolute atomic E-state index is 4.66. The summed E-state index contributed by atoms with van der Waals surface area (Å²) < 4.78 is 0. The fourth-order valence-corrected chi connectivity index (χ4v) is 3.83. The highest BCUT2D eigenvalue weighted by Crippen LogP contribution is 2.21. The number of aromatic nitrogens is 1. The van der Waals surface area contributed by atoms with E-state index in [1.165, 1.54) is 30.6 Å². The average Bonchev–Trinajstić information content (AvgIpc) is 3.15. The molecule has 1 heterocycles. The fourth-order valence-electron chi connectivity index (χ4n) is 2.97. The first-order valence-corrected chi connectivity index (χ1v) is 9.57. The van der Waals surface area contributed by atoms with Gasteiger partial charge in [-0.3, -0.25) is 0 Å². The van der Waals surface area contributed by atoms with Crippen LogP contribution >= 0.6 is 35.3 Å². The number of nitrogens with zero attached hydrogens (tertiary/aromatic N) is 3. The summed E-state index contributed by atoms with van der Waals surface area (Å²) in [6.45, 7) is 9.77. The van der Waals surface area contributed by atoms with Crippen molar-refractivity contribution in [2.45, 2.75) is 59.0 Å². The van der Waals surface area contributed by atoms with Gasteiger partial charge in [0.1, 0.15) is 5.01 Å². The molecule has 0 radical (unpaired) electrons. The number of hydrogen-bond acceptors (Lipinski definition) is 4. The van der Waals surface area contributed by atoms with E-state index in [2.05, 4.69) is 53.3 Å². The average molecular weight is 465 g/mol. The maximum atomic E-state index is 4.66. The van der Waals surface area contributed by atoms with E-state index in [4.69, 9.17) is 0 Å². The van der Waals surface area contributed by atoms with Crippen molar-refractivity contribution in [3.05, 3.63) is 15.6 Å². The number of hydrogen-bond donors (Lipinski definition) is 2. The van der Waals surface area contributed by atoms with Crippen LogP contribution in [0, 0.1) is 13.8 Å². The van der Waals surface area contributed by atoms with Crippen LogP contribution in [0.3, 0.4) is 0 Å². The van der Waals surface area contributed by atoms with Gasteiger partial charge in [-0.25, -0.2) is 9.98 Å². The number of rotatable bonds is 7. The third-order valence-electron chi connectivity index (χ3n) is 4.49. The Labute approximate surface area is 167 Å². The first-order chi connectivity index (χ1) is 11.1. The highest BCUT2D eigenvalue weighted by Gasteiger charge is 2.18. The van der Waals surface area contributed by atoms with Gasteiger partial charge >= 0.3 is 0 Å². The molecule has 2 N–H and O–H groups in total. The lowest BCUT2D eigenvalue weighted by Crippen LogP contribution is -2.42. The lowest BCUT2D eigenvalue weighted by molar-refractivity contribution is 0.249. The summed E-state index contributed by atoms with van der Waals surface area (Å²) in [5.41, 5.74) is 1.12. The molecule has 0 bridgehead atoms. The van der Waals surface area contributed by atoms with Crippen LogP contribution in [0.5, 0.6) is 0 Å². The van der Waals surface area contributed by atoms with Gasteiger partial charge < -0.3 is 15.5 Å². The van der Waals surface area contributed by atoms with E-state index in [1.807, 2.05) is 0 Å². The Balaban J connectivity index is 0.00000288. The van der Waals surface area contributed by atoms with Gasteiger partial charge in [0.25, 0.3) is 0 Å². The number of aryl methyl sites for hydroxylation is 2. The minimum atomic E-state index is 0. The van der Waals surface area contributed by atoms with Gasteiger partial charge in [0.2, 0.25) is 0 Å². The van der Waals surface area contributed by atoms with Crippen molar-refractivity contribution in [1.29, 1.82) is 0 Å². The second-order valence-corrected chi connectivity index (χ2v) is 7.58. The second-order valence-electron chi connectivity index (χ2n) is 6.29. The molecule has 1 aliphatic carbocycles. The van der Waals surface area contributed by atoms with Crippen molar-refractivity contribution < 1.29 is 0 Å². The quantitative estimate of drug-likeness (QED) is 0.369. The summed E-state index contributed by atoms with van der Waals surface area (Å²) in [4.78, 5) is 13.0. The van der Waals surface area contributed by atoms with Gasteiger partial charge in [-0.05, 0) is 40.7 Å². The molecule has 24 heavy (non-hydrogen) atoms. The highest BCUT2D eigenvalue weighted by molar-refractivity contribution is 14.0. The summed E-state index contributed by atoms with van der Waals surface area (Å²) >= 11 is 1.74. The van der Waals surface area contributed by atoms with E-state index in [9.17, 15) is 0 Å². The Morgan fingerprint density at radius 1 is 1.29 bits per heavy atom. The van der Waals surface area contributed by atoms with E-state index in [0.717, 1.165) is 42.3 Å². The third kappa shape index (κ3) is 6.84. The lowest BCUT2D eigenvalue weighted by Gasteiger charge is -2.24. The van der Waals surface area contributed by atoms with E-state index < -0.39 is 0 Å². The van der Waals surface area contributed by atoms with E-state index in [-0.39, 0.29) is 24.0 Å². The largest absolute Gasteiger partial charge is 0.357 e. The zero-order valence-electron chi connectivity index (χ0n) is 15.4. The first kappa shape index (κ1) is 21.6. The number of guanidine groups is 1. The molecular formula is C17H32IN5S. The van der Waals surface area contributed by atoms with E-state index in [1.54, 1.807) is 11.3 Å². The molecule has 1 fully saturated rings. The zero-order chi connectivity index (χ0) is 16.7. The number of likely N-dealkylation sites (N-methyl/N-ethyl adjacent to an activating group) is 1. The molecule has 0 aromatic carbocycles. The second kappa shape index (κ2) is 11.3. The molecule has 0 amide bonds. The van der Waals surface area contributed by atoms with Crippen molar-refractivity contribution >= 4 is 41.3 Å². The summed E-state index contributed by atoms with van der Waals surface area (Å²) in [5, 5.41) is 7.84. The van der Waals surface area contributed by atoms with Gasteiger partial charge in [0.05, 0.1) is 12.2 Å². The Bertz CT molecular complexity index is 492. The molecule has 0 unspecified atom stereocenters. The zero-order valence-corrected chi connectivity index (χ0v) is 18.5. The van der Waals surface area contributed by atoms with Gasteiger partial charge in [-0.15, -0.1) is 35.3 Å². The fraction of sp³-hybridized carbons (Fsp3) is 0.765. The van der Waals surface area contributed by atoms with Crippen LogP contribution in [0.4, 0.5) is 0 Å². The number of aliphatic imine (C=N–C) groups is 1. The van der Waals surface area contributed by atoms with Gasteiger partial charge in [-0.2, -0.15) is 0 Å². The molecule has 7 heteroatoms. The predicted molar refractivity (Wildman–Crippen MR) is 115 cm³/mol. The van der Waals surface area contributed by atoms with Crippen molar-refractivity contribution in [3.8, 4) is 0 Å². The van der Waals surface area contributed by atoms with E-state index >= 15 is 0 Å². The van der Waals surface area contributed by atoms with Gasteiger partial charge in [-0.1, -0.05) is 12.8 Å². The SMILES string of the molecule is CCNC(=NCc1nc(C)c(C)s1)NCCN(C)C1CCCC1.I. The number of nitrogens with one attached hydrogen (secondary N) is 2. The van der Waals surface area contributed by atoms with Crippen molar-refractivity contribution in [3.63, 3.8) is 0 Å². The Hall–Kier alpha value is -0.410. The molecule has 1 aromatic heterocycles. The lowest BCUT2D eigenvalue weighted by atomic mass is 10.2. The van der Waals surface area contributed by atoms with Crippen LogP contribution in [0.15, 0.2) is 4.99 Å². The maximum Gasteiger partial charge on any atom is 0.191 e. The minimum absolute atomic E-state index is 0. The molecule has 0 atom stereocenters. The number of thiazole rings is 1. The molecular weight excluding hydrogens is 433 g/mol. The van der Waals surface area contributed by atoms with Crippen molar-refractivity contribution in [1.82, 2.24) is 20.5 Å². The normalized spacial score (nSPS) is 15.6. The summed E-state index contributed by atoms with van der Waals surface area (Å²) in [6.07, 6.45) is 5.49. The molecule has 0 saturated heterocycles. The van der Waals surface area contributed by atoms with Crippen LogP contribution < -0.4 is 10.6 Å². The monoisotopic (exact) mass is 465 g/mol. The summed E-state index contributed by atoms with van der Waals surface area (Å²) in [5.74, 6) is 0.887. The van der Waals surface area contributed by atoms with Crippen LogP contribution in [-0.4, -0.2) is 48.6 Å². The Kier molecular flexibility index (Phi) is 10.1. The Morgan fingerprint density at radius 3 is 2.58 bits per heavy atom. The van der Waals surface area contributed by atoms with Gasteiger partial charge in [0, 0.05) is 30.6 Å². The van der Waals surface area contributed by atoms with Crippen molar-refractivity contribution in [2.24, 2.45) is 4.99 Å². The first-order valence-electron chi connectivity index (χ1n) is 8.75. The van der Waals surface area contributed by atoms with Crippen LogP contribution in [0.2, 0.25) is 0 Å². The van der Waals surface area contributed by atoms with Gasteiger partial charge in [0.15, 0.2) is 5.96 Å². The topological polar surface area (TPSA) is 52.6 Å². The summed E-state index contributed by atoms with van der Waals surface area (Å²) in [7, 11) is 2.24. The van der Waals surface area contributed by atoms with Crippen LogP contribution in [0.1, 0.15) is 48.2 Å². The van der Waals surface area contributed by atoms with E-state index in [0.29, 0.717) is 6.54 Å². The predicted octanol–water partition coefficient (Wildman–Crippen LogP) is 3.31.